The third-order valence-electron chi connectivity index (χ3n) is 2.78. The number of likely N-dealkylation sites (N-methyl/N-ethyl adjacent to an activating group) is 1. The van der Waals surface area contributed by atoms with Crippen molar-refractivity contribution in [3.63, 3.8) is 0 Å². The van der Waals surface area contributed by atoms with Gasteiger partial charge in [-0.25, -0.2) is 4.79 Å². The molecule has 1 aromatic carbocycles. The number of carboxylic acids is 1. The van der Waals surface area contributed by atoms with Crippen molar-refractivity contribution in [1.82, 2.24) is 4.90 Å². The van der Waals surface area contributed by atoms with Gasteiger partial charge in [0.05, 0.1) is 12.2 Å². The van der Waals surface area contributed by atoms with E-state index in [0.29, 0.717) is 12.1 Å². The molecule has 94 valence electrons. The molecular formula is C13H19NO3. The maximum Gasteiger partial charge on any atom is 0.335 e. The number of nitrogens with zero attached hydrogens (tertiary/aromatic N) is 1. The predicted molar refractivity (Wildman–Crippen MR) is 66.3 cm³/mol. The molecule has 0 spiro atoms. The van der Waals surface area contributed by atoms with Gasteiger partial charge in [-0.15, -0.1) is 0 Å². The summed E-state index contributed by atoms with van der Waals surface area (Å²) in [6, 6.07) is 6.94. The highest BCUT2D eigenvalue weighted by Crippen LogP contribution is 2.06. The molecule has 0 unspecified atom stereocenters. The average Bonchev–Trinajstić information content (AvgIpc) is 2.35. The summed E-state index contributed by atoms with van der Waals surface area (Å²) in [6.45, 7) is 4.70. The molecular weight excluding hydrogens is 218 g/mol. The first-order valence-corrected chi connectivity index (χ1v) is 5.82. The Bertz CT molecular complexity index is 348. The summed E-state index contributed by atoms with van der Waals surface area (Å²) in [4.78, 5) is 12.8. The maximum absolute atomic E-state index is 10.7. The first-order chi connectivity index (χ1) is 8.17. The lowest BCUT2D eigenvalue weighted by Crippen LogP contribution is -2.28. The minimum Gasteiger partial charge on any atom is -0.478 e. The number of hydrogen-bond acceptors (Lipinski definition) is 3. The molecule has 2 N–H and O–H groups in total. The van der Waals surface area contributed by atoms with Crippen molar-refractivity contribution in [2.45, 2.75) is 13.3 Å². The molecule has 0 aromatic heterocycles. The highest BCUT2D eigenvalue weighted by atomic mass is 16.4. The van der Waals surface area contributed by atoms with Gasteiger partial charge in [0, 0.05) is 13.1 Å². The summed E-state index contributed by atoms with van der Waals surface area (Å²) < 4.78 is 0. The van der Waals surface area contributed by atoms with Gasteiger partial charge in [-0.3, -0.25) is 0 Å². The summed E-state index contributed by atoms with van der Waals surface area (Å²) in [5, 5.41) is 17.6. The van der Waals surface area contributed by atoms with E-state index in [1.54, 1.807) is 12.1 Å². The molecule has 0 aliphatic rings. The number of rotatable bonds is 7. The van der Waals surface area contributed by atoms with E-state index in [2.05, 4.69) is 11.8 Å². The Labute approximate surface area is 101 Å². The fourth-order valence-electron chi connectivity index (χ4n) is 1.67. The van der Waals surface area contributed by atoms with Crippen LogP contribution in [0.25, 0.3) is 0 Å². The Morgan fingerprint density at radius 2 is 1.88 bits per heavy atom. The Morgan fingerprint density at radius 3 is 2.35 bits per heavy atom. The molecule has 4 heteroatoms. The Hall–Kier alpha value is -1.39. The highest BCUT2D eigenvalue weighted by Gasteiger charge is 2.04. The van der Waals surface area contributed by atoms with Gasteiger partial charge in [-0.05, 0) is 30.7 Å². The summed E-state index contributed by atoms with van der Waals surface area (Å²) in [5.41, 5.74) is 1.43. The number of aromatic carboxylic acids is 1. The van der Waals surface area contributed by atoms with Crippen LogP contribution in [0.15, 0.2) is 24.3 Å². The van der Waals surface area contributed by atoms with Crippen molar-refractivity contribution in [2.75, 3.05) is 26.2 Å². The Kier molecular flexibility index (Phi) is 5.66. The minimum atomic E-state index is -0.896. The first-order valence-electron chi connectivity index (χ1n) is 5.82. The van der Waals surface area contributed by atoms with Gasteiger partial charge >= 0.3 is 5.97 Å². The number of hydrogen-bond donors (Lipinski definition) is 2. The normalized spacial score (nSPS) is 10.8. The topological polar surface area (TPSA) is 60.8 Å². The third-order valence-corrected chi connectivity index (χ3v) is 2.78. The van der Waals surface area contributed by atoms with Crippen LogP contribution in [-0.2, 0) is 6.42 Å². The zero-order chi connectivity index (χ0) is 12.7. The number of benzene rings is 1. The van der Waals surface area contributed by atoms with Crippen LogP contribution < -0.4 is 0 Å². The summed E-state index contributed by atoms with van der Waals surface area (Å²) in [5.74, 6) is -0.896. The van der Waals surface area contributed by atoms with Crippen molar-refractivity contribution in [2.24, 2.45) is 0 Å². The zero-order valence-electron chi connectivity index (χ0n) is 10.1. The minimum absolute atomic E-state index is 0.172. The van der Waals surface area contributed by atoms with Gasteiger partial charge in [-0.1, -0.05) is 19.1 Å². The molecule has 0 heterocycles. The molecule has 0 bridgehead atoms. The van der Waals surface area contributed by atoms with Gasteiger partial charge in [0.25, 0.3) is 0 Å². The van der Waals surface area contributed by atoms with Gasteiger partial charge in [0.1, 0.15) is 0 Å². The van der Waals surface area contributed by atoms with Gasteiger partial charge in [0.2, 0.25) is 0 Å². The second kappa shape index (κ2) is 7.04. The fraction of sp³-hybridized carbons (Fsp3) is 0.462. The molecule has 0 fully saturated rings. The standard InChI is InChI=1S/C13H19NO3/c1-2-14(9-10-15)8-7-11-3-5-12(6-4-11)13(16)17/h3-6,15H,2,7-10H2,1H3,(H,16,17). The molecule has 1 rings (SSSR count). The van der Waals surface area contributed by atoms with Crippen molar-refractivity contribution in [1.29, 1.82) is 0 Å². The third kappa shape index (κ3) is 4.54. The van der Waals surface area contributed by atoms with Crippen molar-refractivity contribution < 1.29 is 15.0 Å². The van der Waals surface area contributed by atoms with Crippen LogP contribution in [0.2, 0.25) is 0 Å². The molecule has 1 aromatic rings. The smallest absolute Gasteiger partial charge is 0.335 e. The highest BCUT2D eigenvalue weighted by molar-refractivity contribution is 5.87. The monoisotopic (exact) mass is 237 g/mol. The van der Waals surface area contributed by atoms with Gasteiger partial charge in [0.15, 0.2) is 0 Å². The molecule has 0 aliphatic heterocycles. The van der Waals surface area contributed by atoms with Crippen LogP contribution in [0.1, 0.15) is 22.8 Å². The van der Waals surface area contributed by atoms with Crippen LogP contribution in [0.5, 0.6) is 0 Å². The second-order valence-corrected chi connectivity index (χ2v) is 3.91. The number of aliphatic hydroxyl groups excluding tert-OH is 1. The van der Waals surface area contributed by atoms with E-state index < -0.39 is 5.97 Å². The molecule has 0 atom stereocenters. The SMILES string of the molecule is CCN(CCO)CCc1ccc(C(=O)O)cc1. The summed E-state index contributed by atoms with van der Waals surface area (Å²) >= 11 is 0. The molecule has 0 radical (unpaired) electrons. The number of aliphatic hydroxyl groups is 1. The van der Waals surface area contributed by atoms with Crippen molar-refractivity contribution in [3.8, 4) is 0 Å². The largest absolute Gasteiger partial charge is 0.478 e. The summed E-state index contributed by atoms with van der Waals surface area (Å²) in [7, 11) is 0. The first kappa shape index (κ1) is 13.7. The van der Waals surface area contributed by atoms with Crippen LogP contribution in [0.3, 0.4) is 0 Å². The van der Waals surface area contributed by atoms with E-state index in [0.717, 1.165) is 25.1 Å². The van der Waals surface area contributed by atoms with Gasteiger partial charge < -0.3 is 15.1 Å². The van der Waals surface area contributed by atoms with E-state index >= 15 is 0 Å². The maximum atomic E-state index is 10.7. The molecule has 0 aliphatic carbocycles. The summed E-state index contributed by atoms with van der Waals surface area (Å²) in [6.07, 6.45) is 0.869. The van der Waals surface area contributed by atoms with Crippen molar-refractivity contribution in [3.05, 3.63) is 35.4 Å². The Morgan fingerprint density at radius 1 is 1.24 bits per heavy atom. The fourth-order valence-corrected chi connectivity index (χ4v) is 1.67. The van der Waals surface area contributed by atoms with Crippen LogP contribution in [0.4, 0.5) is 0 Å². The van der Waals surface area contributed by atoms with Crippen LogP contribution in [-0.4, -0.2) is 47.3 Å². The van der Waals surface area contributed by atoms with Crippen LogP contribution >= 0.6 is 0 Å². The van der Waals surface area contributed by atoms with Gasteiger partial charge in [-0.2, -0.15) is 0 Å². The quantitative estimate of drug-likeness (QED) is 0.749. The van der Waals surface area contributed by atoms with E-state index in [4.69, 9.17) is 10.2 Å². The molecule has 0 amide bonds. The number of carbonyl (C=O) groups is 1. The zero-order valence-corrected chi connectivity index (χ0v) is 10.1. The molecule has 0 saturated carbocycles. The lowest BCUT2D eigenvalue weighted by Gasteiger charge is -2.18. The Balaban J connectivity index is 2.48. The lowest BCUT2D eigenvalue weighted by molar-refractivity contribution is 0.0697. The second-order valence-electron chi connectivity index (χ2n) is 3.91. The lowest BCUT2D eigenvalue weighted by atomic mass is 10.1. The van der Waals surface area contributed by atoms with E-state index in [-0.39, 0.29) is 6.61 Å². The predicted octanol–water partition coefficient (Wildman–Crippen LogP) is 1.24. The van der Waals surface area contributed by atoms with Crippen LogP contribution in [0, 0.1) is 0 Å². The molecule has 4 nitrogen and oxygen atoms in total. The number of carboxylic acid groups (broad SMARTS) is 1. The van der Waals surface area contributed by atoms with E-state index in [1.807, 2.05) is 12.1 Å². The van der Waals surface area contributed by atoms with E-state index in [9.17, 15) is 4.79 Å². The molecule has 17 heavy (non-hydrogen) atoms. The molecule has 0 saturated heterocycles. The average molecular weight is 237 g/mol. The van der Waals surface area contributed by atoms with E-state index in [1.165, 1.54) is 0 Å². The van der Waals surface area contributed by atoms with Crippen molar-refractivity contribution >= 4 is 5.97 Å².